The van der Waals surface area contributed by atoms with Crippen LogP contribution in [0.1, 0.15) is 41.6 Å². The van der Waals surface area contributed by atoms with Gasteiger partial charge in [0, 0.05) is 12.6 Å². The second-order valence-corrected chi connectivity index (χ2v) is 5.93. The molecule has 0 fully saturated rings. The van der Waals surface area contributed by atoms with Gasteiger partial charge >= 0.3 is 0 Å². The maximum absolute atomic E-state index is 12.5. The zero-order chi connectivity index (χ0) is 16.0. The highest BCUT2D eigenvalue weighted by molar-refractivity contribution is 5.39. The van der Waals surface area contributed by atoms with Crippen molar-refractivity contribution in [2.24, 2.45) is 0 Å². The Balaban J connectivity index is 2.96. The van der Waals surface area contributed by atoms with Gasteiger partial charge < -0.3 is 5.32 Å². The molecule has 0 aliphatic rings. The SMILES string of the molecule is CCCNC(CN(C)CC(F)F)c1c(C)cc(C)cc1C. The minimum absolute atomic E-state index is 0.0919. The fourth-order valence-electron chi connectivity index (χ4n) is 2.94. The third kappa shape index (κ3) is 5.71. The predicted molar refractivity (Wildman–Crippen MR) is 85.2 cm³/mol. The van der Waals surface area contributed by atoms with Gasteiger partial charge in [0.05, 0.1) is 6.54 Å². The summed E-state index contributed by atoms with van der Waals surface area (Å²) in [5, 5.41) is 3.50. The van der Waals surface area contributed by atoms with E-state index in [9.17, 15) is 8.78 Å². The van der Waals surface area contributed by atoms with Crippen molar-refractivity contribution in [3.05, 3.63) is 34.4 Å². The highest BCUT2D eigenvalue weighted by Gasteiger charge is 2.19. The molecule has 1 unspecified atom stereocenters. The molecular weight excluding hydrogens is 270 g/mol. The molecule has 0 spiro atoms. The fourth-order valence-corrected chi connectivity index (χ4v) is 2.94. The van der Waals surface area contributed by atoms with Crippen LogP contribution < -0.4 is 5.32 Å². The molecule has 0 aliphatic heterocycles. The quantitative estimate of drug-likeness (QED) is 0.784. The lowest BCUT2D eigenvalue weighted by Gasteiger charge is -2.28. The molecule has 2 nitrogen and oxygen atoms in total. The van der Waals surface area contributed by atoms with E-state index in [4.69, 9.17) is 0 Å². The Hall–Kier alpha value is -1.00. The zero-order valence-electron chi connectivity index (χ0n) is 13.8. The first-order chi connectivity index (χ1) is 9.85. The first-order valence-electron chi connectivity index (χ1n) is 7.63. The molecule has 0 saturated carbocycles. The topological polar surface area (TPSA) is 15.3 Å². The van der Waals surface area contributed by atoms with Gasteiger partial charge in [0.25, 0.3) is 6.43 Å². The van der Waals surface area contributed by atoms with Crippen LogP contribution in [-0.4, -0.2) is 38.0 Å². The third-order valence-corrected chi connectivity index (χ3v) is 3.67. The van der Waals surface area contributed by atoms with Crippen molar-refractivity contribution in [3.63, 3.8) is 0 Å². The highest BCUT2D eigenvalue weighted by Crippen LogP contribution is 2.24. The maximum atomic E-state index is 12.5. The normalized spacial score (nSPS) is 13.2. The molecule has 0 aromatic heterocycles. The van der Waals surface area contributed by atoms with Crippen molar-refractivity contribution in [3.8, 4) is 0 Å². The number of aryl methyl sites for hydroxylation is 3. The van der Waals surface area contributed by atoms with Crippen molar-refractivity contribution < 1.29 is 8.78 Å². The van der Waals surface area contributed by atoms with Crippen LogP contribution in [0.3, 0.4) is 0 Å². The molecule has 1 rings (SSSR count). The molecule has 0 bridgehead atoms. The summed E-state index contributed by atoms with van der Waals surface area (Å²) in [5.41, 5.74) is 4.94. The van der Waals surface area contributed by atoms with E-state index in [-0.39, 0.29) is 12.6 Å². The standard InChI is InChI=1S/C17H28F2N2/c1-6-7-20-15(10-21(5)11-16(18)19)17-13(3)8-12(2)9-14(17)4/h8-9,15-16,20H,6-7,10-11H2,1-5H3. The van der Waals surface area contributed by atoms with E-state index >= 15 is 0 Å². The van der Waals surface area contributed by atoms with E-state index in [0.29, 0.717) is 6.54 Å². The molecule has 0 radical (unpaired) electrons. The second kappa shape index (κ2) is 8.44. The van der Waals surface area contributed by atoms with Crippen molar-refractivity contribution in [2.45, 2.75) is 46.6 Å². The van der Waals surface area contributed by atoms with Crippen LogP contribution in [0.25, 0.3) is 0 Å². The largest absolute Gasteiger partial charge is 0.309 e. The van der Waals surface area contributed by atoms with E-state index in [0.717, 1.165) is 13.0 Å². The number of alkyl halides is 2. The minimum atomic E-state index is -2.29. The van der Waals surface area contributed by atoms with Crippen LogP contribution in [0, 0.1) is 20.8 Å². The van der Waals surface area contributed by atoms with Crippen molar-refractivity contribution in [2.75, 3.05) is 26.7 Å². The molecule has 0 heterocycles. The summed E-state index contributed by atoms with van der Waals surface area (Å²) in [5.74, 6) is 0. The summed E-state index contributed by atoms with van der Waals surface area (Å²) in [4.78, 5) is 1.71. The molecule has 120 valence electrons. The Labute approximate surface area is 127 Å². The monoisotopic (exact) mass is 298 g/mol. The number of hydrogen-bond donors (Lipinski definition) is 1. The minimum Gasteiger partial charge on any atom is -0.309 e. The molecule has 0 saturated heterocycles. The Morgan fingerprint density at radius 2 is 1.67 bits per heavy atom. The molecule has 21 heavy (non-hydrogen) atoms. The highest BCUT2D eigenvalue weighted by atomic mass is 19.3. The molecule has 1 aromatic rings. The van der Waals surface area contributed by atoms with Crippen molar-refractivity contribution >= 4 is 0 Å². The van der Waals surface area contributed by atoms with Gasteiger partial charge in [-0.3, -0.25) is 4.90 Å². The molecule has 4 heteroatoms. The molecule has 1 atom stereocenters. The first-order valence-corrected chi connectivity index (χ1v) is 7.63. The number of nitrogens with one attached hydrogen (secondary N) is 1. The van der Waals surface area contributed by atoms with Gasteiger partial charge in [-0.05, 0) is 57.5 Å². The first kappa shape index (κ1) is 18.1. The Morgan fingerprint density at radius 1 is 1.10 bits per heavy atom. The second-order valence-electron chi connectivity index (χ2n) is 5.93. The average molecular weight is 298 g/mol. The molecule has 0 amide bonds. The van der Waals surface area contributed by atoms with E-state index in [1.54, 1.807) is 11.9 Å². The number of benzene rings is 1. The number of rotatable bonds is 8. The van der Waals surface area contributed by atoms with Gasteiger partial charge in [0.15, 0.2) is 0 Å². The maximum Gasteiger partial charge on any atom is 0.251 e. The average Bonchev–Trinajstić information content (AvgIpc) is 2.33. The van der Waals surface area contributed by atoms with Crippen LogP contribution in [0.2, 0.25) is 0 Å². The lowest BCUT2D eigenvalue weighted by atomic mass is 9.93. The van der Waals surface area contributed by atoms with Crippen LogP contribution >= 0.6 is 0 Å². The molecule has 1 N–H and O–H groups in total. The van der Waals surface area contributed by atoms with Crippen LogP contribution in [0.15, 0.2) is 12.1 Å². The third-order valence-electron chi connectivity index (χ3n) is 3.67. The Bertz CT molecular complexity index is 423. The van der Waals surface area contributed by atoms with E-state index < -0.39 is 6.43 Å². The van der Waals surface area contributed by atoms with Crippen LogP contribution in [0.5, 0.6) is 0 Å². The van der Waals surface area contributed by atoms with Crippen LogP contribution in [-0.2, 0) is 0 Å². The number of halogens is 2. The van der Waals surface area contributed by atoms with E-state index in [1.807, 2.05) is 0 Å². The number of likely N-dealkylation sites (N-methyl/N-ethyl adjacent to an activating group) is 1. The lowest BCUT2D eigenvalue weighted by molar-refractivity contribution is 0.0958. The Morgan fingerprint density at radius 3 is 2.14 bits per heavy atom. The number of nitrogens with zero attached hydrogens (tertiary/aromatic N) is 1. The molecule has 1 aromatic carbocycles. The molecular formula is C17H28F2N2. The summed E-state index contributed by atoms with van der Waals surface area (Å²) in [7, 11) is 1.76. The van der Waals surface area contributed by atoms with Crippen molar-refractivity contribution in [1.29, 1.82) is 0 Å². The van der Waals surface area contributed by atoms with Crippen LogP contribution in [0.4, 0.5) is 8.78 Å². The molecule has 0 aliphatic carbocycles. The van der Waals surface area contributed by atoms with Gasteiger partial charge in [0.2, 0.25) is 0 Å². The summed E-state index contributed by atoms with van der Waals surface area (Å²) in [6, 6.07) is 4.42. The zero-order valence-corrected chi connectivity index (χ0v) is 13.8. The Kier molecular flexibility index (Phi) is 7.26. The van der Waals surface area contributed by atoms with Gasteiger partial charge in [-0.2, -0.15) is 0 Å². The number of hydrogen-bond acceptors (Lipinski definition) is 2. The fraction of sp³-hybridized carbons (Fsp3) is 0.647. The summed E-state index contributed by atoms with van der Waals surface area (Å²) >= 11 is 0. The van der Waals surface area contributed by atoms with Crippen molar-refractivity contribution in [1.82, 2.24) is 10.2 Å². The van der Waals surface area contributed by atoms with Gasteiger partial charge in [-0.1, -0.05) is 24.6 Å². The van der Waals surface area contributed by atoms with E-state index in [1.165, 1.54) is 22.3 Å². The predicted octanol–water partition coefficient (Wildman–Crippen LogP) is 3.85. The van der Waals surface area contributed by atoms with Gasteiger partial charge in [-0.15, -0.1) is 0 Å². The summed E-state index contributed by atoms with van der Waals surface area (Å²) < 4.78 is 25.1. The van der Waals surface area contributed by atoms with Gasteiger partial charge in [-0.25, -0.2) is 8.78 Å². The summed E-state index contributed by atoms with van der Waals surface area (Å²) in [6.07, 6.45) is -1.26. The smallest absolute Gasteiger partial charge is 0.251 e. The lowest BCUT2D eigenvalue weighted by Crippen LogP contribution is -2.36. The van der Waals surface area contributed by atoms with Gasteiger partial charge in [0.1, 0.15) is 0 Å². The van der Waals surface area contributed by atoms with E-state index in [2.05, 4.69) is 45.1 Å². The summed E-state index contributed by atoms with van der Waals surface area (Å²) in [6.45, 7) is 9.69.